The molecule has 0 aliphatic heterocycles. The second-order valence-electron chi connectivity index (χ2n) is 14.0. The van der Waals surface area contributed by atoms with Crippen molar-refractivity contribution in [1.29, 1.82) is 0 Å². The molecule has 2 aliphatic rings. The van der Waals surface area contributed by atoms with Crippen molar-refractivity contribution in [2.45, 2.75) is 45.1 Å². The van der Waals surface area contributed by atoms with Gasteiger partial charge in [-0.05, 0) is 102 Å². The van der Waals surface area contributed by atoms with Crippen LogP contribution in [0.4, 0.5) is 11.4 Å². The van der Waals surface area contributed by atoms with Gasteiger partial charge in [-0.15, -0.1) is 0 Å². The third-order valence-corrected chi connectivity index (χ3v) is 11.9. The molecule has 5 rings (SSSR count). The van der Waals surface area contributed by atoms with E-state index < -0.39 is 0 Å². The van der Waals surface area contributed by atoms with Gasteiger partial charge in [0.25, 0.3) is 5.91 Å². The smallest absolute Gasteiger partial charge is 0.286 e. The summed E-state index contributed by atoms with van der Waals surface area (Å²) < 4.78 is 1.99. The fourth-order valence-corrected chi connectivity index (χ4v) is 8.50. The Morgan fingerprint density at radius 3 is 1.96 bits per heavy atom. The SMILES string of the molecule is C=CC1=C(C=NCC(=O)NCCSSCCNC(=O)C[n+]2ccc3c(c2)CCC/C3=C\c2ccc(N(C)C)cc2)CCC/C1=C\c1ccc(N(C)C)cc1. The van der Waals surface area contributed by atoms with E-state index in [0.29, 0.717) is 19.6 Å². The number of fused-ring (bicyclic) bond motifs is 1. The van der Waals surface area contributed by atoms with E-state index >= 15 is 0 Å². The predicted molar refractivity (Wildman–Crippen MR) is 232 cm³/mol. The molecule has 0 saturated heterocycles. The van der Waals surface area contributed by atoms with Gasteiger partial charge in [-0.1, -0.05) is 70.7 Å². The zero-order valence-corrected chi connectivity index (χ0v) is 33.9. The number of benzene rings is 2. The van der Waals surface area contributed by atoms with Crippen LogP contribution < -0.4 is 25.0 Å². The molecule has 0 bridgehead atoms. The van der Waals surface area contributed by atoms with Crippen LogP contribution in [0, 0.1) is 0 Å². The number of carbonyl (C=O) groups excluding carboxylic acids is 2. The van der Waals surface area contributed by atoms with Crippen molar-refractivity contribution in [2.24, 2.45) is 4.99 Å². The molecule has 0 atom stereocenters. The lowest BCUT2D eigenvalue weighted by Crippen LogP contribution is -2.43. The fourth-order valence-electron chi connectivity index (χ4n) is 6.68. The average Bonchev–Trinajstić information content (AvgIpc) is 3.16. The van der Waals surface area contributed by atoms with Gasteiger partial charge in [0.15, 0.2) is 12.4 Å². The first-order valence-corrected chi connectivity index (χ1v) is 21.3. The highest BCUT2D eigenvalue weighted by Gasteiger charge is 2.19. The monoisotopic (exact) mass is 763 g/mol. The summed E-state index contributed by atoms with van der Waals surface area (Å²) in [5.74, 6) is 1.51. The molecule has 1 heterocycles. The van der Waals surface area contributed by atoms with Gasteiger partial charge in [0.05, 0.1) is 0 Å². The topological polar surface area (TPSA) is 80.9 Å². The molecule has 2 aliphatic carbocycles. The lowest BCUT2D eigenvalue weighted by atomic mass is 9.86. The summed E-state index contributed by atoms with van der Waals surface area (Å²) in [5, 5.41) is 6.00. The molecule has 2 amide bonds. The van der Waals surface area contributed by atoms with Gasteiger partial charge in [0.2, 0.25) is 12.5 Å². The van der Waals surface area contributed by atoms with Gasteiger partial charge in [0.1, 0.15) is 6.54 Å². The molecular formula is C44H55N6O2S2+. The largest absolute Gasteiger partial charge is 0.378 e. The Morgan fingerprint density at radius 2 is 1.35 bits per heavy atom. The Morgan fingerprint density at radius 1 is 0.778 bits per heavy atom. The molecule has 0 fully saturated rings. The number of hydrogen-bond donors (Lipinski definition) is 2. The Balaban J connectivity index is 0.964. The van der Waals surface area contributed by atoms with Crippen molar-refractivity contribution in [3.63, 3.8) is 0 Å². The van der Waals surface area contributed by atoms with E-state index in [9.17, 15) is 9.59 Å². The maximum atomic E-state index is 12.7. The summed E-state index contributed by atoms with van der Waals surface area (Å²) in [4.78, 5) is 33.8. The standard InChI is InChI=1S/C44H54N6O2S2/c1-6-41-35(27-33-13-17-39(18-14-33)48(2)3)9-7-11-37(41)29-45-30-43(51)46-22-25-53-54-26-23-47-44(52)32-50-24-21-42-36(10-8-12-38(42)31-50)28-34-15-19-40(20-16-34)49(4)5/h6,13-21,24,27-29,31H,1,7-12,22-23,25-26,30,32H2,2-5H3,(H-,46,47,51,52)/p+1/b35-27+,45-29?. The third-order valence-electron chi connectivity index (χ3n) is 9.53. The molecule has 54 heavy (non-hydrogen) atoms. The number of aryl methyl sites for hydroxylation is 1. The highest BCUT2D eigenvalue weighted by atomic mass is 33.1. The van der Waals surface area contributed by atoms with Crippen molar-refractivity contribution >= 4 is 68.7 Å². The van der Waals surface area contributed by atoms with Crippen LogP contribution in [0.25, 0.3) is 17.7 Å². The fraction of sp³-hybridized carbons (Fsp3) is 0.364. The zero-order chi connectivity index (χ0) is 38.3. The molecule has 1 aromatic heterocycles. The summed E-state index contributed by atoms with van der Waals surface area (Å²) in [6.45, 7) is 5.65. The maximum Gasteiger partial charge on any atom is 0.286 e. The maximum absolute atomic E-state index is 12.7. The number of anilines is 2. The molecule has 8 nitrogen and oxygen atoms in total. The Kier molecular flexibility index (Phi) is 15.6. The number of carbonyl (C=O) groups is 2. The summed E-state index contributed by atoms with van der Waals surface area (Å²) >= 11 is 0. The molecule has 0 saturated carbocycles. The molecule has 10 heteroatoms. The average molecular weight is 764 g/mol. The first-order valence-electron chi connectivity index (χ1n) is 18.8. The van der Waals surface area contributed by atoms with Gasteiger partial charge >= 0.3 is 0 Å². The predicted octanol–water partition coefficient (Wildman–Crippen LogP) is 7.42. The number of amides is 2. The van der Waals surface area contributed by atoms with Gasteiger partial charge < -0.3 is 20.4 Å². The summed E-state index contributed by atoms with van der Waals surface area (Å²) in [5.41, 5.74) is 12.2. The molecule has 0 spiro atoms. The van der Waals surface area contributed by atoms with Crippen molar-refractivity contribution in [2.75, 3.05) is 69.1 Å². The number of aliphatic imine (C=N–C) groups is 1. The Labute approximate surface area is 330 Å². The summed E-state index contributed by atoms with van der Waals surface area (Å²) in [6, 6.07) is 19.3. The minimum absolute atomic E-state index is 0.0114. The van der Waals surface area contributed by atoms with Crippen LogP contribution in [-0.4, -0.2) is 77.4 Å². The lowest BCUT2D eigenvalue weighted by Gasteiger charge is -2.19. The van der Waals surface area contributed by atoms with Crippen LogP contribution in [0.3, 0.4) is 0 Å². The number of allylic oxidation sites excluding steroid dienone is 5. The van der Waals surface area contributed by atoms with Crippen molar-refractivity contribution < 1.29 is 14.2 Å². The molecule has 0 radical (unpaired) electrons. The van der Waals surface area contributed by atoms with E-state index in [4.69, 9.17) is 0 Å². The molecular weight excluding hydrogens is 709 g/mol. The minimum Gasteiger partial charge on any atom is -0.378 e. The van der Waals surface area contributed by atoms with Crippen molar-refractivity contribution in [1.82, 2.24) is 10.6 Å². The van der Waals surface area contributed by atoms with Gasteiger partial charge in [0, 0.05) is 82.0 Å². The second-order valence-corrected chi connectivity index (χ2v) is 16.7. The minimum atomic E-state index is -0.0840. The normalized spacial score (nSPS) is 15.7. The van der Waals surface area contributed by atoms with Gasteiger partial charge in [-0.3, -0.25) is 14.6 Å². The molecule has 284 valence electrons. The quantitative estimate of drug-likeness (QED) is 0.0646. The van der Waals surface area contributed by atoms with Crippen molar-refractivity contribution in [3.05, 3.63) is 119 Å². The van der Waals surface area contributed by atoms with Crippen LogP contribution >= 0.6 is 21.6 Å². The Bertz CT molecular complexity index is 1880. The first kappa shape index (κ1) is 40.6. The summed E-state index contributed by atoms with van der Waals surface area (Å²) in [6.07, 6.45) is 18.6. The molecule has 2 aromatic carbocycles. The lowest BCUT2D eigenvalue weighted by molar-refractivity contribution is -0.684. The van der Waals surface area contributed by atoms with E-state index in [0.717, 1.165) is 61.2 Å². The van der Waals surface area contributed by atoms with E-state index in [-0.39, 0.29) is 18.4 Å². The van der Waals surface area contributed by atoms with Crippen LogP contribution in [-0.2, 0) is 22.6 Å². The molecule has 3 aromatic rings. The highest BCUT2D eigenvalue weighted by molar-refractivity contribution is 8.76. The first-order chi connectivity index (χ1) is 26.2. The number of pyridine rings is 1. The van der Waals surface area contributed by atoms with E-state index in [2.05, 4.69) is 119 Å². The van der Waals surface area contributed by atoms with E-state index in [1.165, 1.54) is 44.8 Å². The molecule has 2 N–H and O–H groups in total. The van der Waals surface area contributed by atoms with E-state index in [1.807, 2.05) is 37.1 Å². The van der Waals surface area contributed by atoms with Crippen LogP contribution in [0.1, 0.15) is 54.4 Å². The number of aromatic nitrogens is 1. The van der Waals surface area contributed by atoms with Crippen LogP contribution in [0.15, 0.2) is 101 Å². The zero-order valence-electron chi connectivity index (χ0n) is 32.3. The number of nitrogens with zero attached hydrogens (tertiary/aromatic N) is 4. The number of rotatable bonds is 17. The summed E-state index contributed by atoms with van der Waals surface area (Å²) in [7, 11) is 11.6. The van der Waals surface area contributed by atoms with Crippen LogP contribution in [0.5, 0.6) is 0 Å². The second kappa shape index (κ2) is 20.8. The van der Waals surface area contributed by atoms with E-state index in [1.54, 1.807) is 21.6 Å². The Hall–Kier alpha value is -4.54. The third kappa shape index (κ3) is 12.2. The van der Waals surface area contributed by atoms with Crippen molar-refractivity contribution in [3.8, 4) is 0 Å². The van der Waals surface area contributed by atoms with Crippen LogP contribution in [0.2, 0.25) is 0 Å². The number of nitrogens with one attached hydrogen (secondary N) is 2. The molecule has 0 unspecified atom stereocenters. The van der Waals surface area contributed by atoms with Gasteiger partial charge in [-0.25, -0.2) is 0 Å². The number of hydrogen-bond acceptors (Lipinski definition) is 7. The highest BCUT2D eigenvalue weighted by Crippen LogP contribution is 2.33. The van der Waals surface area contributed by atoms with Gasteiger partial charge in [-0.2, -0.15) is 4.57 Å².